The van der Waals surface area contributed by atoms with Crippen LogP contribution in [0.1, 0.15) is 23.2 Å². The molecule has 2 aromatic carbocycles. The van der Waals surface area contributed by atoms with E-state index in [0.717, 1.165) is 18.8 Å². The lowest BCUT2D eigenvalue weighted by atomic mass is 10.2. The van der Waals surface area contributed by atoms with Crippen LogP contribution in [0.4, 0.5) is 11.4 Å². The molecular weight excluding hydrogens is 276 g/mol. The average Bonchev–Trinajstić information content (AvgIpc) is 3.10. The maximum atomic E-state index is 12.3. The van der Waals surface area contributed by atoms with Gasteiger partial charge in [0.25, 0.3) is 5.91 Å². The fourth-order valence-corrected chi connectivity index (χ4v) is 2.76. The van der Waals surface area contributed by atoms with Gasteiger partial charge in [0.15, 0.2) is 0 Å². The van der Waals surface area contributed by atoms with Crippen LogP contribution in [0.15, 0.2) is 48.5 Å². The zero-order valence-electron chi connectivity index (χ0n) is 12.7. The zero-order valence-corrected chi connectivity index (χ0v) is 12.7. The van der Waals surface area contributed by atoms with Crippen molar-refractivity contribution in [3.8, 4) is 5.75 Å². The quantitative estimate of drug-likeness (QED) is 0.938. The molecule has 2 aromatic rings. The molecule has 0 spiro atoms. The average molecular weight is 296 g/mol. The van der Waals surface area contributed by atoms with Crippen molar-refractivity contribution < 1.29 is 9.53 Å². The highest BCUT2D eigenvalue weighted by Gasteiger charge is 2.13. The number of carbonyl (C=O) groups excluding carboxylic acids is 1. The number of ether oxygens (including phenoxy) is 1. The fraction of sp³-hybridized carbons (Fsp3) is 0.278. The van der Waals surface area contributed by atoms with Gasteiger partial charge in [-0.3, -0.25) is 4.79 Å². The number of nitrogens with one attached hydrogen (secondary N) is 1. The van der Waals surface area contributed by atoms with E-state index >= 15 is 0 Å². The van der Waals surface area contributed by atoms with Gasteiger partial charge >= 0.3 is 0 Å². The second-order valence-corrected chi connectivity index (χ2v) is 5.40. The summed E-state index contributed by atoms with van der Waals surface area (Å²) in [7, 11) is 1.57. The summed E-state index contributed by atoms with van der Waals surface area (Å²) >= 11 is 0. The van der Waals surface area contributed by atoms with Crippen LogP contribution in [0, 0.1) is 0 Å². The van der Waals surface area contributed by atoms with Crippen molar-refractivity contribution in [1.82, 2.24) is 0 Å². The Labute approximate surface area is 130 Å². The van der Waals surface area contributed by atoms with Crippen LogP contribution in [0.2, 0.25) is 0 Å². The third-order valence-electron chi connectivity index (χ3n) is 3.95. The summed E-state index contributed by atoms with van der Waals surface area (Å²) in [6.07, 6.45) is 2.51. The monoisotopic (exact) mass is 296 g/mol. The van der Waals surface area contributed by atoms with Gasteiger partial charge in [-0.25, -0.2) is 0 Å². The summed E-state index contributed by atoms with van der Waals surface area (Å²) in [5, 5.41) is 2.91. The van der Waals surface area contributed by atoms with Crippen molar-refractivity contribution >= 4 is 17.3 Å². The summed E-state index contributed by atoms with van der Waals surface area (Å²) < 4.78 is 5.22. The molecule has 0 aliphatic carbocycles. The topological polar surface area (TPSA) is 41.6 Å². The maximum Gasteiger partial charge on any atom is 0.259 e. The Morgan fingerprint density at radius 3 is 2.41 bits per heavy atom. The van der Waals surface area contributed by atoms with E-state index < -0.39 is 0 Å². The van der Waals surface area contributed by atoms with Gasteiger partial charge < -0.3 is 15.0 Å². The van der Waals surface area contributed by atoms with Gasteiger partial charge in [-0.1, -0.05) is 12.1 Å². The first-order chi connectivity index (χ1) is 10.8. The van der Waals surface area contributed by atoms with E-state index in [0.29, 0.717) is 11.3 Å². The van der Waals surface area contributed by atoms with Crippen LogP contribution in [0.25, 0.3) is 0 Å². The molecule has 1 aliphatic rings. The molecule has 1 fully saturated rings. The number of methoxy groups -OCH3 is 1. The van der Waals surface area contributed by atoms with Gasteiger partial charge in [0.05, 0.1) is 12.7 Å². The largest absolute Gasteiger partial charge is 0.496 e. The molecule has 1 saturated heterocycles. The fourth-order valence-electron chi connectivity index (χ4n) is 2.76. The molecule has 1 aliphatic heterocycles. The van der Waals surface area contributed by atoms with Gasteiger partial charge in [-0.2, -0.15) is 0 Å². The first kappa shape index (κ1) is 14.4. The Morgan fingerprint density at radius 2 is 1.73 bits per heavy atom. The lowest BCUT2D eigenvalue weighted by molar-refractivity contribution is 0.102. The molecule has 0 atom stereocenters. The van der Waals surface area contributed by atoms with Gasteiger partial charge in [0, 0.05) is 24.5 Å². The van der Waals surface area contributed by atoms with Gasteiger partial charge in [0.1, 0.15) is 5.75 Å². The number of carbonyl (C=O) groups is 1. The second kappa shape index (κ2) is 6.52. The molecule has 0 bridgehead atoms. The standard InChI is InChI=1S/C18H20N2O2/c1-22-17-7-3-2-6-16(17)18(21)19-14-8-10-15(11-9-14)20-12-4-5-13-20/h2-3,6-11H,4-5,12-13H2,1H3,(H,19,21). The predicted octanol–water partition coefficient (Wildman–Crippen LogP) is 3.55. The Hall–Kier alpha value is -2.49. The Kier molecular flexibility index (Phi) is 4.28. The molecule has 22 heavy (non-hydrogen) atoms. The number of hydrogen-bond donors (Lipinski definition) is 1. The van der Waals surface area contributed by atoms with Crippen molar-refractivity contribution in [3.63, 3.8) is 0 Å². The van der Waals surface area contributed by atoms with Gasteiger partial charge in [0.2, 0.25) is 0 Å². The molecule has 0 saturated carbocycles. The number of nitrogens with zero attached hydrogens (tertiary/aromatic N) is 1. The minimum Gasteiger partial charge on any atom is -0.496 e. The van der Waals surface area contributed by atoms with E-state index in [2.05, 4.69) is 22.3 Å². The van der Waals surface area contributed by atoms with E-state index in [9.17, 15) is 4.79 Å². The third kappa shape index (κ3) is 3.06. The van der Waals surface area contributed by atoms with Gasteiger partial charge in [-0.05, 0) is 49.2 Å². The maximum absolute atomic E-state index is 12.3. The normalized spacial score (nSPS) is 14.0. The summed E-state index contributed by atoms with van der Waals surface area (Å²) in [6.45, 7) is 2.24. The highest BCUT2D eigenvalue weighted by Crippen LogP contribution is 2.23. The highest BCUT2D eigenvalue weighted by molar-refractivity contribution is 6.06. The summed E-state index contributed by atoms with van der Waals surface area (Å²) in [6, 6.07) is 15.2. The number of benzene rings is 2. The van der Waals surface area contributed by atoms with E-state index in [1.54, 1.807) is 19.2 Å². The van der Waals surface area contributed by atoms with Gasteiger partial charge in [-0.15, -0.1) is 0 Å². The minimum atomic E-state index is -0.161. The van der Waals surface area contributed by atoms with Crippen LogP contribution >= 0.6 is 0 Å². The highest BCUT2D eigenvalue weighted by atomic mass is 16.5. The number of amides is 1. The number of para-hydroxylation sites is 1. The van der Waals surface area contributed by atoms with E-state index in [1.165, 1.54) is 18.5 Å². The first-order valence-electron chi connectivity index (χ1n) is 7.57. The smallest absolute Gasteiger partial charge is 0.259 e. The Balaban J connectivity index is 1.71. The van der Waals surface area contributed by atoms with Crippen molar-refractivity contribution in [2.45, 2.75) is 12.8 Å². The molecular formula is C18H20N2O2. The lowest BCUT2D eigenvalue weighted by Gasteiger charge is -2.18. The summed E-state index contributed by atoms with van der Waals surface area (Å²) in [5.41, 5.74) is 2.54. The molecule has 1 amide bonds. The first-order valence-corrected chi connectivity index (χ1v) is 7.57. The van der Waals surface area contributed by atoms with Crippen LogP contribution in [0.5, 0.6) is 5.75 Å². The van der Waals surface area contributed by atoms with Crippen molar-refractivity contribution in [2.24, 2.45) is 0 Å². The molecule has 1 heterocycles. The van der Waals surface area contributed by atoms with Crippen molar-refractivity contribution in [3.05, 3.63) is 54.1 Å². The summed E-state index contributed by atoms with van der Waals surface area (Å²) in [4.78, 5) is 14.7. The molecule has 114 valence electrons. The third-order valence-corrected chi connectivity index (χ3v) is 3.95. The molecule has 0 unspecified atom stereocenters. The van der Waals surface area contributed by atoms with Crippen LogP contribution < -0.4 is 15.0 Å². The summed E-state index contributed by atoms with van der Waals surface area (Å²) in [5.74, 6) is 0.417. The van der Waals surface area contributed by atoms with Crippen molar-refractivity contribution in [1.29, 1.82) is 0 Å². The number of rotatable bonds is 4. The van der Waals surface area contributed by atoms with E-state index in [1.807, 2.05) is 24.3 Å². The van der Waals surface area contributed by atoms with Crippen LogP contribution in [0.3, 0.4) is 0 Å². The molecule has 1 N–H and O–H groups in total. The van der Waals surface area contributed by atoms with Crippen LogP contribution in [-0.4, -0.2) is 26.1 Å². The molecule has 3 rings (SSSR count). The van der Waals surface area contributed by atoms with E-state index in [-0.39, 0.29) is 5.91 Å². The van der Waals surface area contributed by atoms with E-state index in [4.69, 9.17) is 4.74 Å². The number of hydrogen-bond acceptors (Lipinski definition) is 3. The SMILES string of the molecule is COc1ccccc1C(=O)Nc1ccc(N2CCCC2)cc1. The van der Waals surface area contributed by atoms with Crippen molar-refractivity contribution in [2.75, 3.05) is 30.4 Å². The molecule has 4 nitrogen and oxygen atoms in total. The lowest BCUT2D eigenvalue weighted by Crippen LogP contribution is -2.17. The Bertz CT molecular complexity index is 646. The zero-order chi connectivity index (χ0) is 15.4. The molecule has 0 radical (unpaired) electrons. The molecule has 4 heteroatoms. The molecule has 0 aromatic heterocycles. The number of anilines is 2. The predicted molar refractivity (Wildman–Crippen MR) is 88.8 cm³/mol. The Morgan fingerprint density at radius 1 is 1.05 bits per heavy atom. The second-order valence-electron chi connectivity index (χ2n) is 5.40. The van der Waals surface area contributed by atoms with Crippen LogP contribution in [-0.2, 0) is 0 Å². The minimum absolute atomic E-state index is 0.161.